The fraction of sp³-hybridized carbons (Fsp3) is 0. The van der Waals surface area contributed by atoms with Gasteiger partial charge in [-0.3, -0.25) is 0 Å². The van der Waals surface area contributed by atoms with Gasteiger partial charge in [0.2, 0.25) is 0 Å². The molecule has 0 fully saturated rings. The number of rotatable bonds is 1. The maximum atomic E-state index is 4.87. The van der Waals surface area contributed by atoms with Crippen LogP contribution in [0.5, 0.6) is 0 Å². The molecule has 0 spiro atoms. The quantitative estimate of drug-likeness (QED) is 0.437. The van der Waals surface area contributed by atoms with E-state index in [1.165, 1.54) is 0 Å². The summed E-state index contributed by atoms with van der Waals surface area (Å²) in [7, 11) is 0. The standard InChI is InChI=1S/C3H6N2/c1-3(4)5-2/h1-2,4H2. The normalized spacial score (nSPS) is 6.40. The molecule has 28 valence electrons. The van der Waals surface area contributed by atoms with Crippen molar-refractivity contribution in [1.82, 2.24) is 0 Å². The third-order valence-electron chi connectivity index (χ3n) is 0.203. The van der Waals surface area contributed by atoms with Gasteiger partial charge in [0.15, 0.2) is 0 Å². The van der Waals surface area contributed by atoms with Gasteiger partial charge in [0, 0.05) is 0 Å². The predicted molar refractivity (Wildman–Crippen MR) is 22.9 cm³/mol. The van der Waals surface area contributed by atoms with E-state index in [0.29, 0.717) is 0 Å². The van der Waals surface area contributed by atoms with Gasteiger partial charge < -0.3 is 5.73 Å². The molecule has 0 amide bonds. The Balaban J connectivity index is 3.20. The topological polar surface area (TPSA) is 38.4 Å². The van der Waals surface area contributed by atoms with Crippen LogP contribution in [-0.2, 0) is 0 Å². The highest BCUT2D eigenvalue weighted by Crippen LogP contribution is 1.67. The van der Waals surface area contributed by atoms with E-state index in [0.717, 1.165) is 0 Å². The third kappa shape index (κ3) is 3.21. The maximum Gasteiger partial charge on any atom is 0.115 e. The average Bonchev–Trinajstić information content (AvgIpc) is 1.38. The minimum Gasteiger partial charge on any atom is -0.384 e. The second-order valence-electron chi connectivity index (χ2n) is 0.649. The highest BCUT2D eigenvalue weighted by molar-refractivity contribution is 5.26. The van der Waals surface area contributed by atoms with Crippen LogP contribution in [0.2, 0.25) is 0 Å². The SMILES string of the molecule is C=NC(=C)N. The van der Waals surface area contributed by atoms with Crippen molar-refractivity contribution in [2.75, 3.05) is 0 Å². The maximum absolute atomic E-state index is 4.87. The summed E-state index contributed by atoms with van der Waals surface area (Å²) in [5, 5.41) is 0. The Hall–Kier alpha value is -0.790. The number of hydrogen-bond donors (Lipinski definition) is 1. The molecule has 0 aliphatic carbocycles. The molecule has 0 aliphatic rings. The molecule has 0 aromatic rings. The van der Waals surface area contributed by atoms with Crippen molar-refractivity contribution in [3.63, 3.8) is 0 Å². The molecule has 0 unspecified atom stereocenters. The van der Waals surface area contributed by atoms with Crippen molar-refractivity contribution in [1.29, 1.82) is 0 Å². The van der Waals surface area contributed by atoms with Crippen LogP contribution in [-0.4, -0.2) is 6.72 Å². The van der Waals surface area contributed by atoms with E-state index in [1.54, 1.807) is 0 Å². The summed E-state index contributed by atoms with van der Waals surface area (Å²) < 4.78 is 0. The van der Waals surface area contributed by atoms with E-state index in [9.17, 15) is 0 Å². The van der Waals surface area contributed by atoms with Gasteiger partial charge in [0.05, 0.1) is 0 Å². The molecule has 2 N–H and O–H groups in total. The van der Waals surface area contributed by atoms with Gasteiger partial charge in [-0.25, -0.2) is 4.99 Å². The van der Waals surface area contributed by atoms with E-state index >= 15 is 0 Å². The average molecular weight is 70.1 g/mol. The van der Waals surface area contributed by atoms with Gasteiger partial charge >= 0.3 is 0 Å². The van der Waals surface area contributed by atoms with Crippen LogP contribution in [0.15, 0.2) is 17.4 Å². The Morgan fingerprint density at radius 1 is 1.80 bits per heavy atom. The van der Waals surface area contributed by atoms with Gasteiger partial charge in [-0.2, -0.15) is 0 Å². The second-order valence-corrected chi connectivity index (χ2v) is 0.649. The summed E-state index contributed by atoms with van der Waals surface area (Å²) in [6.45, 7) is 6.31. The zero-order valence-electron chi connectivity index (χ0n) is 2.94. The van der Waals surface area contributed by atoms with Crippen LogP contribution in [0.25, 0.3) is 0 Å². The van der Waals surface area contributed by atoms with Crippen LogP contribution >= 0.6 is 0 Å². The molecule has 2 heteroatoms. The first kappa shape index (κ1) is 4.21. The summed E-state index contributed by atoms with van der Waals surface area (Å²) in [6, 6.07) is 0. The highest BCUT2D eigenvalue weighted by atomic mass is 14.9. The fourth-order valence-corrected chi connectivity index (χ4v) is 0. The van der Waals surface area contributed by atoms with Gasteiger partial charge in [-0.05, 0) is 6.72 Å². The van der Waals surface area contributed by atoms with Crippen LogP contribution in [0, 0.1) is 0 Å². The first-order valence-corrected chi connectivity index (χ1v) is 1.18. The molecule has 0 saturated carbocycles. The van der Waals surface area contributed by atoms with Crippen molar-refractivity contribution in [2.24, 2.45) is 10.7 Å². The van der Waals surface area contributed by atoms with Crippen LogP contribution in [0.3, 0.4) is 0 Å². The number of nitrogens with zero attached hydrogens (tertiary/aromatic N) is 1. The number of nitrogens with two attached hydrogens (primary N) is 1. The van der Waals surface area contributed by atoms with Crippen LogP contribution in [0.4, 0.5) is 0 Å². The number of aliphatic imine (C=N–C) groups is 1. The van der Waals surface area contributed by atoms with Crippen molar-refractivity contribution >= 4 is 6.72 Å². The second kappa shape index (κ2) is 1.52. The van der Waals surface area contributed by atoms with Gasteiger partial charge in [0.1, 0.15) is 5.82 Å². The first-order valence-electron chi connectivity index (χ1n) is 1.18. The van der Waals surface area contributed by atoms with E-state index in [1.807, 2.05) is 0 Å². The molecule has 5 heavy (non-hydrogen) atoms. The third-order valence-corrected chi connectivity index (χ3v) is 0.203. The minimum atomic E-state index is 0.269. The van der Waals surface area contributed by atoms with Crippen LogP contribution < -0.4 is 5.73 Å². The zero-order chi connectivity index (χ0) is 4.28. The first-order chi connectivity index (χ1) is 2.27. The van der Waals surface area contributed by atoms with Gasteiger partial charge in [-0.15, -0.1) is 0 Å². The molecule has 0 radical (unpaired) electrons. The van der Waals surface area contributed by atoms with Crippen molar-refractivity contribution in [3.05, 3.63) is 12.4 Å². The Morgan fingerprint density at radius 2 is 2.00 bits per heavy atom. The van der Waals surface area contributed by atoms with Crippen LogP contribution in [0.1, 0.15) is 0 Å². The predicted octanol–water partition coefficient (Wildman–Crippen LogP) is 0.117. The lowest BCUT2D eigenvalue weighted by molar-refractivity contribution is 1.28. The largest absolute Gasteiger partial charge is 0.384 e. The summed E-state index contributed by atoms with van der Waals surface area (Å²) in [4.78, 5) is 3.22. The molecule has 0 aromatic carbocycles. The zero-order valence-corrected chi connectivity index (χ0v) is 2.94. The molecule has 2 nitrogen and oxygen atoms in total. The molecular weight excluding hydrogens is 64.0 g/mol. The van der Waals surface area contributed by atoms with E-state index < -0.39 is 0 Å². The molecular formula is C3H6N2. The highest BCUT2D eigenvalue weighted by Gasteiger charge is 1.59. The molecule has 0 rings (SSSR count). The lowest BCUT2D eigenvalue weighted by Gasteiger charge is -1.74. The molecule has 0 bridgehead atoms. The molecule has 0 aromatic heterocycles. The van der Waals surface area contributed by atoms with Gasteiger partial charge in [-0.1, -0.05) is 6.58 Å². The molecule has 0 heterocycles. The molecule has 0 atom stereocenters. The molecule has 0 saturated heterocycles. The Morgan fingerprint density at radius 3 is 2.00 bits per heavy atom. The minimum absolute atomic E-state index is 0.269. The van der Waals surface area contributed by atoms with E-state index in [2.05, 4.69) is 18.3 Å². The number of hydrogen-bond acceptors (Lipinski definition) is 2. The summed E-state index contributed by atoms with van der Waals surface area (Å²) >= 11 is 0. The smallest absolute Gasteiger partial charge is 0.115 e. The molecule has 0 aliphatic heterocycles. The Bertz CT molecular complexity index is 55.9. The monoisotopic (exact) mass is 70.1 g/mol. The van der Waals surface area contributed by atoms with E-state index in [4.69, 9.17) is 5.73 Å². The lowest BCUT2D eigenvalue weighted by atomic mass is 10.9. The van der Waals surface area contributed by atoms with Crippen molar-refractivity contribution < 1.29 is 0 Å². The summed E-state index contributed by atoms with van der Waals surface area (Å²) in [6.07, 6.45) is 0. The summed E-state index contributed by atoms with van der Waals surface area (Å²) in [5.74, 6) is 0.269. The van der Waals surface area contributed by atoms with Crippen molar-refractivity contribution in [2.45, 2.75) is 0 Å². The Kier molecular flexibility index (Phi) is 1.28. The fourth-order valence-electron chi connectivity index (χ4n) is 0. The lowest BCUT2D eigenvalue weighted by Crippen LogP contribution is -1.86. The Labute approximate surface area is 31.0 Å². The van der Waals surface area contributed by atoms with E-state index in [-0.39, 0.29) is 5.82 Å². The summed E-state index contributed by atoms with van der Waals surface area (Å²) in [5.41, 5.74) is 4.87. The van der Waals surface area contributed by atoms with Crippen molar-refractivity contribution in [3.8, 4) is 0 Å². The van der Waals surface area contributed by atoms with Gasteiger partial charge in [0.25, 0.3) is 0 Å².